The number of terminal acetylenes is 1. The zero-order valence-corrected chi connectivity index (χ0v) is 10.6. The molecule has 0 heterocycles. The quantitative estimate of drug-likeness (QED) is 0.440. The molecule has 0 radical (unpaired) electrons. The molecule has 0 rings (SSSR count). The van der Waals surface area contributed by atoms with Crippen LogP contribution in [0.15, 0.2) is 0 Å². The number of hydrogen-bond acceptors (Lipinski definition) is 1. The molecule has 0 aromatic carbocycles. The van der Waals surface area contributed by atoms with Gasteiger partial charge in [0.15, 0.2) is 0 Å². The standard InChI is InChI=1S/C10H17IN2O/c1-3-5-8(11)7-9(6-4-2)13-10(12)14/h2,8-9H,3,5-7H2,1H3,(H3,12,13,14). The van der Waals surface area contributed by atoms with Crippen LogP contribution in [0.3, 0.4) is 0 Å². The summed E-state index contributed by atoms with van der Waals surface area (Å²) < 4.78 is 0.544. The monoisotopic (exact) mass is 308 g/mol. The van der Waals surface area contributed by atoms with Gasteiger partial charge < -0.3 is 11.1 Å². The van der Waals surface area contributed by atoms with Crippen molar-refractivity contribution in [1.82, 2.24) is 5.32 Å². The molecule has 0 aliphatic rings. The van der Waals surface area contributed by atoms with Crippen LogP contribution in [0.5, 0.6) is 0 Å². The third kappa shape index (κ3) is 7.01. The minimum absolute atomic E-state index is 0.0194. The van der Waals surface area contributed by atoms with E-state index in [1.54, 1.807) is 0 Å². The number of carbonyl (C=O) groups excluding carboxylic acids is 1. The zero-order valence-electron chi connectivity index (χ0n) is 8.42. The summed E-state index contributed by atoms with van der Waals surface area (Å²) in [4.78, 5) is 10.7. The van der Waals surface area contributed by atoms with Crippen LogP contribution in [0.2, 0.25) is 0 Å². The Morgan fingerprint density at radius 1 is 1.71 bits per heavy atom. The van der Waals surface area contributed by atoms with Crippen LogP contribution in [0, 0.1) is 12.3 Å². The summed E-state index contributed by atoms with van der Waals surface area (Å²) in [5.74, 6) is 2.55. The Hall–Kier alpha value is -0.440. The van der Waals surface area contributed by atoms with Gasteiger partial charge >= 0.3 is 6.03 Å². The summed E-state index contributed by atoms with van der Waals surface area (Å²) in [5, 5.41) is 2.66. The Morgan fingerprint density at radius 3 is 2.79 bits per heavy atom. The molecule has 2 atom stereocenters. The molecule has 14 heavy (non-hydrogen) atoms. The van der Waals surface area contributed by atoms with Gasteiger partial charge in [-0.25, -0.2) is 4.79 Å². The van der Waals surface area contributed by atoms with E-state index in [0.717, 1.165) is 19.3 Å². The first kappa shape index (κ1) is 13.6. The molecular weight excluding hydrogens is 291 g/mol. The molecule has 3 nitrogen and oxygen atoms in total. The Bertz CT molecular complexity index is 213. The first-order chi connectivity index (χ1) is 6.60. The van der Waals surface area contributed by atoms with E-state index >= 15 is 0 Å². The average Bonchev–Trinajstić information content (AvgIpc) is 2.03. The van der Waals surface area contributed by atoms with Crippen LogP contribution < -0.4 is 11.1 Å². The van der Waals surface area contributed by atoms with Crippen molar-refractivity contribution in [2.24, 2.45) is 5.73 Å². The van der Waals surface area contributed by atoms with Gasteiger partial charge in [-0.05, 0) is 12.8 Å². The van der Waals surface area contributed by atoms with E-state index in [1.165, 1.54) is 0 Å². The Balaban J connectivity index is 3.95. The van der Waals surface area contributed by atoms with Gasteiger partial charge in [0.1, 0.15) is 0 Å². The molecule has 0 fully saturated rings. The van der Waals surface area contributed by atoms with Crippen molar-refractivity contribution in [2.45, 2.75) is 42.6 Å². The first-order valence-electron chi connectivity index (χ1n) is 4.73. The van der Waals surface area contributed by atoms with Crippen LogP contribution in [0.1, 0.15) is 32.6 Å². The van der Waals surface area contributed by atoms with Crippen molar-refractivity contribution in [3.63, 3.8) is 0 Å². The largest absolute Gasteiger partial charge is 0.352 e. The molecule has 0 aromatic heterocycles. The lowest BCUT2D eigenvalue weighted by Crippen LogP contribution is -2.39. The predicted octanol–water partition coefficient (Wildman–Crippen LogP) is 2.04. The fraction of sp³-hybridized carbons (Fsp3) is 0.700. The minimum Gasteiger partial charge on any atom is -0.352 e. The summed E-state index contributed by atoms with van der Waals surface area (Å²) in [5.41, 5.74) is 5.05. The van der Waals surface area contributed by atoms with Crippen LogP contribution in [-0.4, -0.2) is 16.0 Å². The van der Waals surface area contributed by atoms with Gasteiger partial charge in [0.25, 0.3) is 0 Å². The summed E-state index contributed by atoms with van der Waals surface area (Å²) >= 11 is 2.38. The number of amides is 2. The van der Waals surface area contributed by atoms with Crippen molar-refractivity contribution in [2.75, 3.05) is 0 Å². The maximum atomic E-state index is 10.7. The highest BCUT2D eigenvalue weighted by atomic mass is 127. The summed E-state index contributed by atoms with van der Waals surface area (Å²) in [6.07, 6.45) is 8.94. The molecule has 0 aliphatic heterocycles. The second-order valence-electron chi connectivity index (χ2n) is 3.24. The van der Waals surface area contributed by atoms with Gasteiger partial charge in [0.05, 0.1) is 0 Å². The normalized spacial score (nSPS) is 14.1. The molecule has 0 bridgehead atoms. The van der Waals surface area contributed by atoms with Crippen LogP contribution in [0.25, 0.3) is 0 Å². The molecule has 0 saturated heterocycles. The molecular formula is C10H17IN2O. The number of alkyl halides is 1. The third-order valence-corrected chi connectivity index (χ3v) is 2.98. The van der Waals surface area contributed by atoms with Crippen LogP contribution in [-0.2, 0) is 0 Å². The van der Waals surface area contributed by atoms with Gasteiger partial charge in [-0.2, -0.15) is 0 Å². The average molecular weight is 308 g/mol. The lowest BCUT2D eigenvalue weighted by Gasteiger charge is -2.18. The van der Waals surface area contributed by atoms with E-state index in [-0.39, 0.29) is 6.04 Å². The molecule has 4 heteroatoms. The molecule has 0 spiro atoms. The fourth-order valence-electron chi connectivity index (χ4n) is 1.28. The second kappa shape index (κ2) is 7.92. The smallest absolute Gasteiger partial charge is 0.312 e. The Kier molecular flexibility index (Phi) is 7.67. The number of urea groups is 1. The first-order valence-corrected chi connectivity index (χ1v) is 5.98. The van der Waals surface area contributed by atoms with E-state index in [2.05, 4.69) is 40.8 Å². The maximum absolute atomic E-state index is 10.7. The van der Waals surface area contributed by atoms with Crippen molar-refractivity contribution in [3.8, 4) is 12.3 Å². The molecule has 0 aromatic rings. The van der Waals surface area contributed by atoms with E-state index < -0.39 is 6.03 Å². The molecule has 2 unspecified atom stereocenters. The van der Waals surface area contributed by atoms with Gasteiger partial charge in [0.2, 0.25) is 0 Å². The molecule has 0 saturated carbocycles. The Morgan fingerprint density at radius 2 is 2.36 bits per heavy atom. The lowest BCUT2D eigenvalue weighted by molar-refractivity contribution is 0.244. The number of rotatable bonds is 6. The number of nitrogens with one attached hydrogen (secondary N) is 1. The highest BCUT2D eigenvalue weighted by Crippen LogP contribution is 2.16. The molecule has 0 aliphatic carbocycles. The molecule has 80 valence electrons. The van der Waals surface area contributed by atoms with E-state index in [1.807, 2.05) is 0 Å². The summed E-state index contributed by atoms with van der Waals surface area (Å²) in [7, 11) is 0. The second-order valence-corrected chi connectivity index (χ2v) is 5.00. The SMILES string of the molecule is C#CCC(CC(I)CCC)NC(N)=O. The topological polar surface area (TPSA) is 55.1 Å². The fourth-order valence-corrected chi connectivity index (χ4v) is 2.51. The maximum Gasteiger partial charge on any atom is 0.312 e. The number of halogens is 1. The molecule has 3 N–H and O–H groups in total. The van der Waals surface area contributed by atoms with Crippen molar-refractivity contribution < 1.29 is 4.79 Å². The molecule has 2 amide bonds. The predicted molar refractivity (Wildman–Crippen MR) is 67.3 cm³/mol. The van der Waals surface area contributed by atoms with Crippen LogP contribution in [0.4, 0.5) is 4.79 Å². The zero-order chi connectivity index (χ0) is 11.0. The van der Waals surface area contributed by atoms with Gasteiger partial charge in [-0.15, -0.1) is 12.3 Å². The lowest BCUT2D eigenvalue weighted by atomic mass is 10.1. The minimum atomic E-state index is -0.495. The van der Waals surface area contributed by atoms with Gasteiger partial charge in [0, 0.05) is 16.4 Å². The number of carbonyl (C=O) groups is 1. The van der Waals surface area contributed by atoms with E-state index in [0.29, 0.717) is 10.3 Å². The summed E-state index contributed by atoms with van der Waals surface area (Å²) in [6, 6.07) is -0.476. The number of hydrogen-bond donors (Lipinski definition) is 2. The third-order valence-electron chi connectivity index (χ3n) is 1.85. The van der Waals surface area contributed by atoms with Crippen molar-refractivity contribution in [1.29, 1.82) is 0 Å². The number of nitrogens with two attached hydrogens (primary N) is 1. The Labute approximate surface area is 99.3 Å². The van der Waals surface area contributed by atoms with Crippen molar-refractivity contribution in [3.05, 3.63) is 0 Å². The van der Waals surface area contributed by atoms with E-state index in [9.17, 15) is 4.79 Å². The summed E-state index contributed by atoms with van der Waals surface area (Å²) in [6.45, 7) is 2.14. The van der Waals surface area contributed by atoms with Gasteiger partial charge in [-0.1, -0.05) is 35.9 Å². The van der Waals surface area contributed by atoms with Crippen LogP contribution >= 0.6 is 22.6 Å². The highest BCUT2D eigenvalue weighted by Gasteiger charge is 2.13. The highest BCUT2D eigenvalue weighted by molar-refractivity contribution is 14.1. The van der Waals surface area contributed by atoms with Gasteiger partial charge in [-0.3, -0.25) is 0 Å². The number of primary amides is 1. The van der Waals surface area contributed by atoms with E-state index in [4.69, 9.17) is 12.2 Å². The van der Waals surface area contributed by atoms with Crippen molar-refractivity contribution >= 4 is 28.6 Å².